The van der Waals surface area contributed by atoms with Crippen molar-refractivity contribution >= 4 is 27.5 Å². The highest BCUT2D eigenvalue weighted by atomic mass is 32.1. The Balaban J connectivity index is 2.68. The molecule has 84 valence electrons. The molecule has 0 spiro atoms. The standard InChI is InChI=1S/C12H13NO2S/c1-6(2)11-13-10-7(3)4-8(12(14)15)5-9(10)16-11/h4-6H,1-3H3,(H,14,15). The number of aryl methyl sites for hydroxylation is 1. The predicted octanol–water partition coefficient (Wildman–Crippen LogP) is 3.43. The van der Waals surface area contributed by atoms with Crippen molar-refractivity contribution in [2.75, 3.05) is 0 Å². The molecule has 0 aliphatic rings. The lowest BCUT2D eigenvalue weighted by Crippen LogP contribution is -1.96. The highest BCUT2D eigenvalue weighted by Crippen LogP contribution is 2.30. The summed E-state index contributed by atoms with van der Waals surface area (Å²) in [7, 11) is 0. The van der Waals surface area contributed by atoms with Crippen LogP contribution in [0.2, 0.25) is 0 Å². The number of rotatable bonds is 2. The van der Waals surface area contributed by atoms with Crippen molar-refractivity contribution in [2.45, 2.75) is 26.7 Å². The molecule has 0 unspecified atom stereocenters. The largest absolute Gasteiger partial charge is 0.478 e. The third-order valence-corrected chi connectivity index (χ3v) is 3.75. The molecular weight excluding hydrogens is 222 g/mol. The van der Waals surface area contributed by atoms with E-state index < -0.39 is 5.97 Å². The van der Waals surface area contributed by atoms with Gasteiger partial charge in [0, 0.05) is 5.92 Å². The van der Waals surface area contributed by atoms with Gasteiger partial charge in [-0.2, -0.15) is 0 Å². The molecule has 4 heteroatoms. The van der Waals surface area contributed by atoms with Crippen LogP contribution < -0.4 is 0 Å². The fraction of sp³-hybridized carbons (Fsp3) is 0.333. The van der Waals surface area contributed by atoms with Gasteiger partial charge in [-0.25, -0.2) is 9.78 Å². The minimum atomic E-state index is -0.885. The lowest BCUT2D eigenvalue weighted by atomic mass is 10.1. The fourth-order valence-corrected chi connectivity index (χ4v) is 2.67. The van der Waals surface area contributed by atoms with Crippen LogP contribution in [0.5, 0.6) is 0 Å². The average Bonchev–Trinajstić information content (AvgIpc) is 2.61. The quantitative estimate of drug-likeness (QED) is 0.867. The number of fused-ring (bicyclic) bond motifs is 1. The normalized spacial score (nSPS) is 11.2. The second-order valence-corrected chi connectivity index (χ2v) is 5.21. The Morgan fingerprint density at radius 2 is 2.12 bits per heavy atom. The van der Waals surface area contributed by atoms with E-state index in [9.17, 15) is 4.79 Å². The van der Waals surface area contributed by atoms with Crippen LogP contribution in [0.1, 0.15) is 40.7 Å². The van der Waals surface area contributed by atoms with E-state index in [0.717, 1.165) is 20.8 Å². The molecule has 2 rings (SSSR count). The number of carbonyl (C=O) groups is 1. The topological polar surface area (TPSA) is 50.2 Å². The third-order valence-electron chi connectivity index (χ3n) is 2.44. The number of hydrogen-bond acceptors (Lipinski definition) is 3. The third kappa shape index (κ3) is 1.80. The average molecular weight is 235 g/mol. The van der Waals surface area contributed by atoms with Crippen molar-refractivity contribution in [2.24, 2.45) is 0 Å². The molecular formula is C12H13NO2S. The van der Waals surface area contributed by atoms with Crippen LogP contribution in [-0.2, 0) is 0 Å². The summed E-state index contributed by atoms with van der Waals surface area (Å²) in [5, 5.41) is 10.0. The SMILES string of the molecule is Cc1cc(C(=O)O)cc2sc(C(C)C)nc12. The van der Waals surface area contributed by atoms with Gasteiger partial charge in [-0.3, -0.25) is 0 Å². The number of benzene rings is 1. The smallest absolute Gasteiger partial charge is 0.335 e. The second kappa shape index (κ2) is 3.87. The van der Waals surface area contributed by atoms with Gasteiger partial charge in [-0.15, -0.1) is 11.3 Å². The Labute approximate surface area is 97.8 Å². The maximum atomic E-state index is 10.9. The van der Waals surface area contributed by atoms with Crippen LogP contribution in [0.25, 0.3) is 10.2 Å². The van der Waals surface area contributed by atoms with E-state index in [4.69, 9.17) is 5.11 Å². The van der Waals surface area contributed by atoms with Crippen molar-refractivity contribution < 1.29 is 9.90 Å². The summed E-state index contributed by atoms with van der Waals surface area (Å²) in [6, 6.07) is 3.38. The molecule has 1 heterocycles. The molecule has 2 aromatic rings. The number of aromatic carboxylic acids is 1. The number of carboxylic acid groups (broad SMARTS) is 1. The lowest BCUT2D eigenvalue weighted by Gasteiger charge is -1.97. The number of aromatic nitrogens is 1. The highest BCUT2D eigenvalue weighted by molar-refractivity contribution is 7.18. The van der Waals surface area contributed by atoms with Crippen LogP contribution in [0.3, 0.4) is 0 Å². The number of thiazole rings is 1. The van der Waals surface area contributed by atoms with Gasteiger partial charge >= 0.3 is 5.97 Å². The molecule has 1 aromatic heterocycles. The van der Waals surface area contributed by atoms with Crippen LogP contribution in [0.15, 0.2) is 12.1 Å². The molecule has 3 nitrogen and oxygen atoms in total. The van der Waals surface area contributed by atoms with Crippen molar-refractivity contribution in [3.8, 4) is 0 Å². The predicted molar refractivity (Wildman–Crippen MR) is 65.4 cm³/mol. The Bertz CT molecular complexity index is 557. The summed E-state index contributed by atoms with van der Waals surface area (Å²) in [6.07, 6.45) is 0. The summed E-state index contributed by atoms with van der Waals surface area (Å²) in [4.78, 5) is 15.5. The number of hydrogen-bond donors (Lipinski definition) is 1. The van der Waals surface area contributed by atoms with Crippen LogP contribution in [0.4, 0.5) is 0 Å². The van der Waals surface area contributed by atoms with Gasteiger partial charge in [0.1, 0.15) is 0 Å². The van der Waals surface area contributed by atoms with Crippen LogP contribution in [-0.4, -0.2) is 16.1 Å². The van der Waals surface area contributed by atoms with Gasteiger partial charge in [0.15, 0.2) is 0 Å². The van der Waals surface area contributed by atoms with Gasteiger partial charge < -0.3 is 5.11 Å². The second-order valence-electron chi connectivity index (χ2n) is 4.15. The molecule has 1 N–H and O–H groups in total. The minimum Gasteiger partial charge on any atom is -0.478 e. The molecule has 0 saturated heterocycles. The summed E-state index contributed by atoms with van der Waals surface area (Å²) in [5.74, 6) is -0.505. The first-order chi connectivity index (χ1) is 7.49. The first-order valence-electron chi connectivity index (χ1n) is 5.13. The first-order valence-corrected chi connectivity index (χ1v) is 5.95. The Morgan fingerprint density at radius 3 is 2.69 bits per heavy atom. The summed E-state index contributed by atoms with van der Waals surface area (Å²) < 4.78 is 0.959. The van der Waals surface area contributed by atoms with Gasteiger partial charge in [0.2, 0.25) is 0 Å². The van der Waals surface area contributed by atoms with Gasteiger partial charge in [0.25, 0.3) is 0 Å². The Kier molecular flexibility index (Phi) is 2.68. The monoisotopic (exact) mass is 235 g/mol. The van der Waals surface area contributed by atoms with E-state index in [0.29, 0.717) is 11.5 Å². The molecule has 1 aromatic carbocycles. The van der Waals surface area contributed by atoms with Crippen LogP contribution in [0, 0.1) is 6.92 Å². The first kappa shape index (κ1) is 11.1. The lowest BCUT2D eigenvalue weighted by molar-refractivity contribution is 0.0697. The molecule has 0 radical (unpaired) electrons. The van der Waals surface area contributed by atoms with Gasteiger partial charge in [-0.1, -0.05) is 13.8 Å². The van der Waals surface area contributed by atoms with Crippen molar-refractivity contribution in [3.63, 3.8) is 0 Å². The van der Waals surface area contributed by atoms with Crippen molar-refractivity contribution in [3.05, 3.63) is 28.3 Å². The summed E-state index contributed by atoms with van der Waals surface area (Å²) in [5.41, 5.74) is 2.20. The van der Waals surface area contributed by atoms with E-state index >= 15 is 0 Å². The molecule has 0 amide bonds. The summed E-state index contributed by atoms with van der Waals surface area (Å²) >= 11 is 1.58. The van der Waals surface area contributed by atoms with Crippen molar-refractivity contribution in [1.82, 2.24) is 4.98 Å². The van der Waals surface area contributed by atoms with E-state index in [1.54, 1.807) is 23.5 Å². The molecule has 0 saturated carbocycles. The number of carboxylic acids is 1. The van der Waals surface area contributed by atoms with Crippen LogP contribution >= 0.6 is 11.3 Å². The minimum absolute atomic E-state index is 0.337. The van der Waals surface area contributed by atoms with E-state index in [2.05, 4.69) is 18.8 Å². The molecule has 0 fully saturated rings. The van der Waals surface area contributed by atoms with E-state index in [1.165, 1.54) is 0 Å². The fourth-order valence-electron chi connectivity index (χ4n) is 1.58. The zero-order chi connectivity index (χ0) is 11.9. The zero-order valence-electron chi connectivity index (χ0n) is 9.44. The molecule has 16 heavy (non-hydrogen) atoms. The maximum absolute atomic E-state index is 10.9. The van der Waals surface area contributed by atoms with Crippen molar-refractivity contribution in [1.29, 1.82) is 0 Å². The zero-order valence-corrected chi connectivity index (χ0v) is 10.3. The Hall–Kier alpha value is -1.42. The molecule has 0 bridgehead atoms. The highest BCUT2D eigenvalue weighted by Gasteiger charge is 2.12. The van der Waals surface area contributed by atoms with Gasteiger partial charge in [-0.05, 0) is 24.6 Å². The maximum Gasteiger partial charge on any atom is 0.335 e. The molecule has 0 aliphatic heterocycles. The Morgan fingerprint density at radius 1 is 1.44 bits per heavy atom. The molecule has 0 atom stereocenters. The molecule has 0 aliphatic carbocycles. The van der Waals surface area contributed by atoms with E-state index in [1.807, 2.05) is 6.92 Å². The summed E-state index contributed by atoms with van der Waals surface area (Å²) in [6.45, 7) is 6.08. The van der Waals surface area contributed by atoms with E-state index in [-0.39, 0.29) is 0 Å². The number of nitrogens with zero attached hydrogens (tertiary/aromatic N) is 1. The van der Waals surface area contributed by atoms with Gasteiger partial charge in [0.05, 0.1) is 20.8 Å².